The van der Waals surface area contributed by atoms with Crippen molar-refractivity contribution in [1.82, 2.24) is 10.6 Å². The Bertz CT molecular complexity index is 772. The predicted molar refractivity (Wildman–Crippen MR) is 116 cm³/mol. The molecule has 1 saturated carbocycles. The van der Waals surface area contributed by atoms with E-state index in [0.717, 1.165) is 25.7 Å². The topological polar surface area (TPSA) is 104 Å². The highest BCUT2D eigenvalue weighted by atomic mass is 16.6. The van der Waals surface area contributed by atoms with Crippen molar-refractivity contribution < 1.29 is 14.3 Å². The minimum absolute atomic E-state index is 0.0833. The Hall–Kier alpha value is -2.88. The molecule has 0 spiro atoms. The number of amides is 2. The minimum Gasteiger partial charge on any atom is -0.446 e. The molecule has 0 aromatic heterocycles. The summed E-state index contributed by atoms with van der Waals surface area (Å²) in [6.07, 6.45) is 4.85. The lowest BCUT2D eigenvalue weighted by Crippen LogP contribution is -2.40. The molecule has 0 aliphatic heterocycles. The van der Waals surface area contributed by atoms with Gasteiger partial charge < -0.3 is 10.1 Å². The van der Waals surface area contributed by atoms with Crippen LogP contribution in [-0.4, -0.2) is 36.5 Å². The van der Waals surface area contributed by atoms with Crippen molar-refractivity contribution in [2.45, 2.75) is 71.4 Å². The van der Waals surface area contributed by atoms with Crippen LogP contribution in [0.1, 0.15) is 64.9 Å². The fourth-order valence-electron chi connectivity index (χ4n) is 3.41. The van der Waals surface area contributed by atoms with Gasteiger partial charge in [-0.2, -0.15) is 5.26 Å². The zero-order valence-electron chi connectivity index (χ0n) is 18.1. The summed E-state index contributed by atoms with van der Waals surface area (Å²) >= 11 is 0. The monoisotopic (exact) mass is 412 g/mol. The van der Waals surface area contributed by atoms with E-state index < -0.39 is 12.1 Å². The summed E-state index contributed by atoms with van der Waals surface area (Å²) in [4.78, 5) is 29.8. The van der Waals surface area contributed by atoms with Crippen molar-refractivity contribution in [3.8, 4) is 6.07 Å². The highest BCUT2D eigenvalue weighted by Gasteiger charge is 2.26. The number of ether oxygens (including phenoxy) is 1. The molecular weight excluding hydrogens is 380 g/mol. The van der Waals surface area contributed by atoms with Crippen LogP contribution in [0.5, 0.6) is 0 Å². The number of nitrogens with zero attached hydrogens (tertiary/aromatic N) is 2. The first-order valence-corrected chi connectivity index (χ1v) is 10.5. The Morgan fingerprint density at radius 3 is 2.47 bits per heavy atom. The third kappa shape index (κ3) is 8.24. The van der Waals surface area contributed by atoms with Crippen LogP contribution in [0, 0.1) is 16.7 Å². The summed E-state index contributed by atoms with van der Waals surface area (Å²) in [5.74, 6) is -0.0554. The van der Waals surface area contributed by atoms with Crippen molar-refractivity contribution in [1.29, 1.82) is 5.26 Å². The summed E-state index contributed by atoms with van der Waals surface area (Å²) < 4.78 is 5.58. The number of carbonyl (C=O) groups is 2. The van der Waals surface area contributed by atoms with Gasteiger partial charge in [-0.3, -0.25) is 15.1 Å². The van der Waals surface area contributed by atoms with Crippen molar-refractivity contribution in [2.24, 2.45) is 10.4 Å². The summed E-state index contributed by atoms with van der Waals surface area (Å²) in [6, 6.07) is 10.4. The quantitative estimate of drug-likeness (QED) is 0.419. The standard InChI is InChI=1S/C23H32N4O3/c1-23(2,3)16-19(21(28)25-15-14-24)26-20(17-10-6-4-7-11-17)27-22(29)30-18-12-8-5-9-13-18/h4,6-7,10-11,18-19H,5,8-9,12-13,15-16H2,1-3H3,(H,25,28)(H,26,27,29). The van der Waals surface area contributed by atoms with Crippen LogP contribution in [0.3, 0.4) is 0 Å². The normalized spacial score (nSPS) is 16.3. The molecule has 1 unspecified atom stereocenters. The van der Waals surface area contributed by atoms with Crippen LogP contribution >= 0.6 is 0 Å². The van der Waals surface area contributed by atoms with E-state index in [4.69, 9.17) is 10.00 Å². The first-order valence-electron chi connectivity index (χ1n) is 10.5. The van der Waals surface area contributed by atoms with E-state index in [2.05, 4.69) is 15.6 Å². The van der Waals surface area contributed by atoms with Crippen LogP contribution < -0.4 is 10.6 Å². The molecule has 1 aliphatic rings. The molecule has 1 aliphatic carbocycles. The smallest absolute Gasteiger partial charge is 0.413 e. The molecule has 2 N–H and O–H groups in total. The molecule has 7 nitrogen and oxygen atoms in total. The van der Waals surface area contributed by atoms with Gasteiger partial charge in [0, 0.05) is 5.56 Å². The second-order valence-corrected chi connectivity index (χ2v) is 8.79. The van der Waals surface area contributed by atoms with Gasteiger partial charge in [0.05, 0.1) is 6.07 Å². The molecule has 162 valence electrons. The zero-order chi connectivity index (χ0) is 22.0. The number of nitrogens with one attached hydrogen (secondary N) is 2. The summed E-state index contributed by atoms with van der Waals surface area (Å²) in [7, 11) is 0. The average Bonchev–Trinajstić information content (AvgIpc) is 2.71. The third-order valence-corrected chi connectivity index (χ3v) is 4.83. The molecule has 1 atom stereocenters. The van der Waals surface area contributed by atoms with E-state index in [1.165, 1.54) is 6.42 Å². The van der Waals surface area contributed by atoms with Gasteiger partial charge in [0.1, 0.15) is 24.5 Å². The Kier molecular flexibility index (Phi) is 8.85. The molecule has 1 aromatic carbocycles. The number of hydrogen-bond acceptors (Lipinski definition) is 5. The predicted octanol–water partition coefficient (Wildman–Crippen LogP) is 3.94. The molecule has 1 fully saturated rings. The molecule has 0 saturated heterocycles. The minimum atomic E-state index is -0.747. The van der Waals surface area contributed by atoms with E-state index >= 15 is 0 Å². The largest absolute Gasteiger partial charge is 0.446 e. The van der Waals surface area contributed by atoms with Crippen LogP contribution in [0.15, 0.2) is 35.3 Å². The Labute approximate surface area is 178 Å². The third-order valence-electron chi connectivity index (χ3n) is 4.83. The van der Waals surface area contributed by atoms with Crippen LogP contribution in [0.2, 0.25) is 0 Å². The van der Waals surface area contributed by atoms with E-state index in [-0.39, 0.29) is 29.8 Å². The number of alkyl carbamates (subject to hydrolysis) is 1. The maximum atomic E-state index is 12.6. The number of amidine groups is 1. The van der Waals surface area contributed by atoms with Gasteiger partial charge in [-0.15, -0.1) is 0 Å². The van der Waals surface area contributed by atoms with Gasteiger partial charge in [-0.1, -0.05) is 57.5 Å². The molecule has 7 heteroatoms. The molecular formula is C23H32N4O3. The van der Waals surface area contributed by atoms with Gasteiger partial charge in [-0.25, -0.2) is 4.79 Å². The van der Waals surface area contributed by atoms with Gasteiger partial charge >= 0.3 is 6.09 Å². The Morgan fingerprint density at radius 1 is 1.20 bits per heavy atom. The molecule has 2 rings (SSSR count). The number of rotatable bonds is 6. The van der Waals surface area contributed by atoms with Crippen LogP contribution in [0.25, 0.3) is 0 Å². The van der Waals surface area contributed by atoms with Crippen molar-refractivity contribution in [2.75, 3.05) is 6.54 Å². The van der Waals surface area contributed by atoms with Crippen molar-refractivity contribution in [3.05, 3.63) is 35.9 Å². The molecule has 2 amide bonds. The van der Waals surface area contributed by atoms with Gasteiger partial charge in [0.15, 0.2) is 0 Å². The Balaban J connectivity index is 2.25. The fourth-order valence-corrected chi connectivity index (χ4v) is 3.41. The first-order chi connectivity index (χ1) is 14.3. The lowest BCUT2D eigenvalue weighted by Gasteiger charge is -2.24. The van der Waals surface area contributed by atoms with Gasteiger partial charge in [0.25, 0.3) is 0 Å². The zero-order valence-corrected chi connectivity index (χ0v) is 18.1. The SMILES string of the molecule is CC(C)(C)CC(N=C(NC(=O)OC1CCCCC1)c1ccccc1)C(=O)NCC#N. The van der Waals surface area contributed by atoms with Crippen LogP contribution in [-0.2, 0) is 9.53 Å². The number of nitriles is 1. The number of aliphatic imine (C=N–C) groups is 1. The van der Waals surface area contributed by atoms with Gasteiger partial charge in [-0.05, 0) is 37.5 Å². The Morgan fingerprint density at radius 2 is 1.87 bits per heavy atom. The van der Waals surface area contributed by atoms with E-state index in [0.29, 0.717) is 12.0 Å². The fraction of sp³-hybridized carbons (Fsp3) is 0.565. The van der Waals surface area contributed by atoms with E-state index in [9.17, 15) is 9.59 Å². The van der Waals surface area contributed by atoms with Crippen molar-refractivity contribution >= 4 is 17.8 Å². The van der Waals surface area contributed by atoms with Gasteiger partial charge in [0.2, 0.25) is 5.91 Å². The lowest BCUT2D eigenvalue weighted by atomic mass is 9.88. The number of benzene rings is 1. The van der Waals surface area contributed by atoms with E-state index in [1.807, 2.05) is 57.2 Å². The second-order valence-electron chi connectivity index (χ2n) is 8.79. The maximum Gasteiger partial charge on any atom is 0.413 e. The van der Waals surface area contributed by atoms with E-state index in [1.54, 1.807) is 0 Å². The lowest BCUT2D eigenvalue weighted by molar-refractivity contribution is -0.122. The maximum absolute atomic E-state index is 12.6. The highest BCUT2D eigenvalue weighted by molar-refractivity contribution is 6.07. The first kappa shape index (κ1) is 23.4. The molecule has 0 bridgehead atoms. The molecule has 0 heterocycles. The van der Waals surface area contributed by atoms with Crippen molar-refractivity contribution in [3.63, 3.8) is 0 Å². The molecule has 0 radical (unpaired) electrons. The number of carbonyl (C=O) groups excluding carboxylic acids is 2. The summed E-state index contributed by atoms with van der Waals surface area (Å²) in [5.41, 5.74) is 0.507. The summed E-state index contributed by atoms with van der Waals surface area (Å²) in [6.45, 7) is 5.95. The average molecular weight is 413 g/mol. The highest BCUT2D eigenvalue weighted by Crippen LogP contribution is 2.23. The summed E-state index contributed by atoms with van der Waals surface area (Å²) in [5, 5.41) is 14.1. The second kappa shape index (κ2) is 11.3. The number of hydrogen-bond donors (Lipinski definition) is 2. The molecule has 30 heavy (non-hydrogen) atoms. The van der Waals surface area contributed by atoms with Crippen LogP contribution in [0.4, 0.5) is 4.79 Å². The molecule has 1 aromatic rings.